The minimum atomic E-state index is 0.622. The van der Waals surface area contributed by atoms with E-state index < -0.39 is 0 Å². The molecule has 2 nitrogen and oxygen atoms in total. The Morgan fingerprint density at radius 1 is 1.67 bits per heavy atom. The number of aliphatic imine (C=N–C) groups is 1. The predicted molar refractivity (Wildman–Crippen MR) is 40.1 cm³/mol. The third kappa shape index (κ3) is 2.14. The maximum absolute atomic E-state index is 4.33. The predicted octanol–water partition coefficient (Wildman–Crippen LogP) is 0.829. The first-order chi connectivity index (χ1) is 4.29. The molecule has 1 unspecified atom stereocenters. The SMILES string of the molecule is CC1=NCCNC(C)C1. The van der Waals surface area contributed by atoms with Gasteiger partial charge in [-0.25, -0.2) is 0 Å². The Morgan fingerprint density at radius 3 is 3.22 bits per heavy atom. The van der Waals surface area contributed by atoms with E-state index in [0.717, 1.165) is 19.5 Å². The van der Waals surface area contributed by atoms with E-state index in [2.05, 4.69) is 24.2 Å². The maximum atomic E-state index is 4.33. The van der Waals surface area contributed by atoms with Crippen molar-refractivity contribution in [2.75, 3.05) is 13.1 Å². The fourth-order valence-corrected chi connectivity index (χ4v) is 1.14. The second kappa shape index (κ2) is 2.97. The van der Waals surface area contributed by atoms with Crippen LogP contribution in [0.25, 0.3) is 0 Å². The van der Waals surface area contributed by atoms with Crippen LogP contribution >= 0.6 is 0 Å². The first-order valence-electron chi connectivity index (χ1n) is 3.52. The van der Waals surface area contributed by atoms with Gasteiger partial charge in [-0.2, -0.15) is 0 Å². The van der Waals surface area contributed by atoms with Crippen molar-refractivity contribution in [1.82, 2.24) is 5.32 Å². The smallest absolute Gasteiger partial charge is 0.0513 e. The molecule has 0 bridgehead atoms. The molecule has 1 N–H and O–H groups in total. The molecule has 0 aromatic rings. The molecular weight excluding hydrogens is 112 g/mol. The summed E-state index contributed by atoms with van der Waals surface area (Å²) in [4.78, 5) is 4.33. The summed E-state index contributed by atoms with van der Waals surface area (Å²) in [6.45, 7) is 6.29. The zero-order valence-corrected chi connectivity index (χ0v) is 6.15. The van der Waals surface area contributed by atoms with Gasteiger partial charge in [0.05, 0.1) is 6.54 Å². The van der Waals surface area contributed by atoms with Crippen molar-refractivity contribution in [3.8, 4) is 0 Å². The largest absolute Gasteiger partial charge is 0.312 e. The highest BCUT2D eigenvalue weighted by Gasteiger charge is 2.04. The van der Waals surface area contributed by atoms with Gasteiger partial charge in [0.2, 0.25) is 0 Å². The lowest BCUT2D eigenvalue weighted by Gasteiger charge is -2.07. The number of nitrogens with zero attached hydrogens (tertiary/aromatic N) is 1. The Balaban J connectivity index is 2.44. The zero-order valence-electron chi connectivity index (χ0n) is 6.15. The summed E-state index contributed by atoms with van der Waals surface area (Å²) < 4.78 is 0. The third-order valence-electron chi connectivity index (χ3n) is 1.59. The third-order valence-corrected chi connectivity index (χ3v) is 1.59. The summed E-state index contributed by atoms with van der Waals surface area (Å²) >= 11 is 0. The van der Waals surface area contributed by atoms with E-state index >= 15 is 0 Å². The monoisotopic (exact) mass is 126 g/mol. The van der Waals surface area contributed by atoms with Gasteiger partial charge in [-0.05, 0) is 13.8 Å². The normalized spacial score (nSPS) is 29.1. The van der Waals surface area contributed by atoms with E-state index in [0.29, 0.717) is 6.04 Å². The molecule has 0 saturated carbocycles. The topological polar surface area (TPSA) is 24.4 Å². The van der Waals surface area contributed by atoms with Gasteiger partial charge in [0.25, 0.3) is 0 Å². The Morgan fingerprint density at radius 2 is 2.44 bits per heavy atom. The van der Waals surface area contributed by atoms with Gasteiger partial charge in [-0.15, -0.1) is 0 Å². The van der Waals surface area contributed by atoms with Crippen molar-refractivity contribution in [2.24, 2.45) is 4.99 Å². The lowest BCUT2D eigenvalue weighted by Crippen LogP contribution is -2.27. The highest BCUT2D eigenvalue weighted by molar-refractivity contribution is 5.82. The Bertz CT molecular complexity index is 118. The van der Waals surface area contributed by atoms with Crippen molar-refractivity contribution >= 4 is 5.71 Å². The molecule has 0 aromatic heterocycles. The van der Waals surface area contributed by atoms with Crippen LogP contribution in [0.1, 0.15) is 20.3 Å². The molecule has 1 atom stereocenters. The van der Waals surface area contributed by atoms with E-state index in [1.165, 1.54) is 5.71 Å². The first kappa shape index (κ1) is 6.75. The molecule has 0 aliphatic carbocycles. The lowest BCUT2D eigenvalue weighted by atomic mass is 10.2. The standard InChI is InChI=1S/C7H14N2/c1-6-5-7(2)9-4-3-8-6/h6,8H,3-5H2,1-2H3. The number of rotatable bonds is 0. The van der Waals surface area contributed by atoms with Gasteiger partial charge in [-0.3, -0.25) is 4.99 Å². The summed E-state index contributed by atoms with van der Waals surface area (Å²) in [7, 11) is 0. The van der Waals surface area contributed by atoms with Crippen LogP contribution < -0.4 is 5.32 Å². The van der Waals surface area contributed by atoms with Gasteiger partial charge < -0.3 is 5.32 Å². The van der Waals surface area contributed by atoms with Gasteiger partial charge in [0.15, 0.2) is 0 Å². The Labute approximate surface area is 56.4 Å². The second-order valence-corrected chi connectivity index (χ2v) is 2.68. The summed E-state index contributed by atoms with van der Waals surface area (Å²) in [5.41, 5.74) is 1.28. The van der Waals surface area contributed by atoms with Gasteiger partial charge in [0, 0.05) is 24.7 Å². The van der Waals surface area contributed by atoms with E-state index in [9.17, 15) is 0 Å². The summed E-state index contributed by atoms with van der Waals surface area (Å²) in [5, 5.41) is 3.36. The van der Waals surface area contributed by atoms with Crippen molar-refractivity contribution < 1.29 is 0 Å². The fourth-order valence-electron chi connectivity index (χ4n) is 1.14. The average molecular weight is 126 g/mol. The van der Waals surface area contributed by atoms with Crippen LogP contribution in [-0.2, 0) is 0 Å². The zero-order chi connectivity index (χ0) is 6.69. The summed E-state index contributed by atoms with van der Waals surface area (Å²) in [6, 6.07) is 0.622. The molecule has 1 rings (SSSR count). The molecule has 0 aromatic carbocycles. The quantitative estimate of drug-likeness (QED) is 0.511. The van der Waals surface area contributed by atoms with Crippen molar-refractivity contribution in [1.29, 1.82) is 0 Å². The maximum Gasteiger partial charge on any atom is 0.0513 e. The van der Waals surface area contributed by atoms with Crippen LogP contribution in [0.5, 0.6) is 0 Å². The first-order valence-corrected chi connectivity index (χ1v) is 3.52. The molecule has 0 spiro atoms. The minimum Gasteiger partial charge on any atom is -0.312 e. The van der Waals surface area contributed by atoms with Gasteiger partial charge in [0.1, 0.15) is 0 Å². The molecule has 0 fully saturated rings. The highest BCUT2D eigenvalue weighted by Crippen LogP contribution is 1.96. The van der Waals surface area contributed by atoms with E-state index in [-0.39, 0.29) is 0 Å². The number of hydrogen-bond donors (Lipinski definition) is 1. The second-order valence-electron chi connectivity index (χ2n) is 2.68. The molecule has 1 aliphatic rings. The fraction of sp³-hybridized carbons (Fsp3) is 0.857. The van der Waals surface area contributed by atoms with Crippen molar-refractivity contribution in [2.45, 2.75) is 26.3 Å². The molecule has 0 amide bonds. The molecule has 0 radical (unpaired) electrons. The Hall–Kier alpha value is -0.370. The average Bonchev–Trinajstić information content (AvgIpc) is 1.93. The molecule has 2 heteroatoms. The van der Waals surface area contributed by atoms with Gasteiger partial charge in [-0.1, -0.05) is 0 Å². The number of nitrogens with one attached hydrogen (secondary N) is 1. The molecule has 0 saturated heterocycles. The van der Waals surface area contributed by atoms with Crippen molar-refractivity contribution in [3.05, 3.63) is 0 Å². The number of hydrogen-bond acceptors (Lipinski definition) is 2. The molecule has 1 aliphatic heterocycles. The lowest BCUT2D eigenvalue weighted by molar-refractivity contribution is 0.586. The summed E-state index contributed by atoms with van der Waals surface area (Å²) in [6.07, 6.45) is 1.11. The Kier molecular flexibility index (Phi) is 2.22. The van der Waals surface area contributed by atoms with Crippen LogP contribution in [0, 0.1) is 0 Å². The van der Waals surface area contributed by atoms with E-state index in [4.69, 9.17) is 0 Å². The van der Waals surface area contributed by atoms with E-state index in [1.807, 2.05) is 0 Å². The van der Waals surface area contributed by atoms with Crippen LogP contribution in [0.15, 0.2) is 4.99 Å². The van der Waals surface area contributed by atoms with Crippen LogP contribution in [0.3, 0.4) is 0 Å². The molecule has 9 heavy (non-hydrogen) atoms. The molecule has 52 valence electrons. The molecular formula is C7H14N2. The van der Waals surface area contributed by atoms with Gasteiger partial charge >= 0.3 is 0 Å². The molecule has 1 heterocycles. The highest BCUT2D eigenvalue weighted by atomic mass is 14.9. The van der Waals surface area contributed by atoms with Crippen LogP contribution in [0.2, 0.25) is 0 Å². The minimum absolute atomic E-state index is 0.622. The van der Waals surface area contributed by atoms with Crippen LogP contribution in [0.4, 0.5) is 0 Å². The summed E-state index contributed by atoms with van der Waals surface area (Å²) in [5.74, 6) is 0. The van der Waals surface area contributed by atoms with Crippen molar-refractivity contribution in [3.63, 3.8) is 0 Å². The van der Waals surface area contributed by atoms with Crippen LogP contribution in [-0.4, -0.2) is 24.8 Å². The van der Waals surface area contributed by atoms with E-state index in [1.54, 1.807) is 0 Å².